The van der Waals surface area contributed by atoms with Crippen molar-refractivity contribution < 1.29 is 13.2 Å². The van der Waals surface area contributed by atoms with E-state index in [9.17, 15) is 13.2 Å². The molecule has 1 rings (SSSR count). The second kappa shape index (κ2) is 4.09. The van der Waals surface area contributed by atoms with Crippen molar-refractivity contribution in [1.82, 2.24) is 5.32 Å². The van der Waals surface area contributed by atoms with Crippen LogP contribution in [0, 0.1) is 0 Å². The SMILES string of the molecule is CCS(=O)(=O)C1CCCCC(=O)N1. The number of hydrogen-bond donors (Lipinski definition) is 1. The Balaban J connectivity index is 2.73. The first-order chi connectivity index (χ1) is 6.06. The van der Waals surface area contributed by atoms with Crippen molar-refractivity contribution in [3.05, 3.63) is 0 Å². The second-order valence-electron chi connectivity index (χ2n) is 3.25. The molecule has 1 N–H and O–H groups in total. The standard InChI is InChI=1S/C8H15NO3S/c1-2-13(11,12)8-6-4-3-5-7(10)9-8/h8H,2-6H2,1H3,(H,9,10). The third-order valence-electron chi connectivity index (χ3n) is 2.28. The fourth-order valence-electron chi connectivity index (χ4n) is 1.41. The van der Waals surface area contributed by atoms with Gasteiger partial charge < -0.3 is 5.32 Å². The normalized spacial score (nSPS) is 25.0. The molecule has 1 atom stereocenters. The highest BCUT2D eigenvalue weighted by Gasteiger charge is 2.26. The molecule has 1 unspecified atom stereocenters. The van der Waals surface area contributed by atoms with Crippen LogP contribution in [0.3, 0.4) is 0 Å². The second-order valence-corrected chi connectivity index (χ2v) is 5.73. The van der Waals surface area contributed by atoms with E-state index in [0.717, 1.165) is 12.8 Å². The summed E-state index contributed by atoms with van der Waals surface area (Å²) in [6.45, 7) is 1.60. The Morgan fingerprint density at radius 1 is 1.46 bits per heavy atom. The molecule has 0 radical (unpaired) electrons. The van der Waals surface area contributed by atoms with Crippen molar-refractivity contribution in [2.24, 2.45) is 0 Å². The molecule has 4 nitrogen and oxygen atoms in total. The Hall–Kier alpha value is -0.580. The number of sulfone groups is 1. The summed E-state index contributed by atoms with van der Waals surface area (Å²) in [6, 6.07) is 0. The Morgan fingerprint density at radius 3 is 2.77 bits per heavy atom. The molecule has 76 valence electrons. The van der Waals surface area contributed by atoms with Crippen LogP contribution in [-0.2, 0) is 14.6 Å². The molecule has 0 bridgehead atoms. The summed E-state index contributed by atoms with van der Waals surface area (Å²) in [7, 11) is -3.11. The zero-order chi connectivity index (χ0) is 9.90. The van der Waals surface area contributed by atoms with Crippen LogP contribution in [0.2, 0.25) is 0 Å². The van der Waals surface area contributed by atoms with E-state index in [1.807, 2.05) is 0 Å². The fourth-order valence-corrected chi connectivity index (χ4v) is 2.65. The van der Waals surface area contributed by atoms with Gasteiger partial charge in [0.05, 0.1) is 0 Å². The van der Waals surface area contributed by atoms with Gasteiger partial charge in [-0.25, -0.2) is 8.42 Å². The van der Waals surface area contributed by atoms with E-state index in [2.05, 4.69) is 5.32 Å². The summed E-state index contributed by atoms with van der Waals surface area (Å²) >= 11 is 0. The van der Waals surface area contributed by atoms with Crippen LogP contribution in [0.5, 0.6) is 0 Å². The molecule has 13 heavy (non-hydrogen) atoms. The van der Waals surface area contributed by atoms with Crippen LogP contribution < -0.4 is 5.32 Å². The maximum Gasteiger partial charge on any atom is 0.221 e. The molecule has 1 heterocycles. The highest BCUT2D eigenvalue weighted by molar-refractivity contribution is 7.91. The average molecular weight is 205 g/mol. The number of rotatable bonds is 2. The fraction of sp³-hybridized carbons (Fsp3) is 0.875. The quantitative estimate of drug-likeness (QED) is 0.711. The maximum atomic E-state index is 11.4. The zero-order valence-corrected chi connectivity index (χ0v) is 8.56. The summed E-state index contributed by atoms with van der Waals surface area (Å²) in [5.74, 6) is -0.0441. The van der Waals surface area contributed by atoms with Crippen LogP contribution in [0.4, 0.5) is 0 Å². The van der Waals surface area contributed by atoms with Gasteiger partial charge in [-0.3, -0.25) is 4.79 Å². The molecule has 0 aromatic rings. The molecule has 0 saturated carbocycles. The number of amides is 1. The average Bonchev–Trinajstić information content (AvgIpc) is 2.30. The molecule has 0 aromatic carbocycles. The first-order valence-corrected chi connectivity index (χ1v) is 6.28. The summed E-state index contributed by atoms with van der Waals surface area (Å²) in [6.07, 6.45) is 2.61. The summed E-state index contributed by atoms with van der Waals surface area (Å²) in [5, 5.41) is 1.90. The van der Waals surface area contributed by atoms with Gasteiger partial charge in [-0.1, -0.05) is 6.92 Å². The lowest BCUT2D eigenvalue weighted by atomic mass is 10.2. The van der Waals surface area contributed by atoms with Crippen molar-refractivity contribution in [3.8, 4) is 0 Å². The summed E-state index contributed by atoms with van der Waals surface area (Å²) in [4.78, 5) is 11.1. The van der Waals surface area contributed by atoms with Crippen molar-refractivity contribution >= 4 is 15.7 Å². The third kappa shape index (κ3) is 2.69. The molecule has 0 spiro atoms. The molecular weight excluding hydrogens is 190 g/mol. The topological polar surface area (TPSA) is 63.2 Å². The van der Waals surface area contributed by atoms with Crippen molar-refractivity contribution in [2.75, 3.05) is 5.75 Å². The van der Waals surface area contributed by atoms with Gasteiger partial charge >= 0.3 is 0 Å². The Labute approximate surface area is 78.6 Å². The molecule has 1 amide bonds. The van der Waals surface area contributed by atoms with Crippen LogP contribution in [0.15, 0.2) is 0 Å². The predicted octanol–water partition coefficient (Wildman–Crippen LogP) is 0.437. The van der Waals surface area contributed by atoms with Crippen LogP contribution in [0.1, 0.15) is 32.6 Å². The predicted molar refractivity (Wildman–Crippen MR) is 49.9 cm³/mol. The van der Waals surface area contributed by atoms with Crippen molar-refractivity contribution in [1.29, 1.82) is 0 Å². The van der Waals surface area contributed by atoms with E-state index in [0.29, 0.717) is 12.8 Å². The largest absolute Gasteiger partial charge is 0.340 e. The van der Waals surface area contributed by atoms with Crippen LogP contribution in [-0.4, -0.2) is 25.5 Å². The number of hydrogen-bond acceptors (Lipinski definition) is 3. The van der Waals surface area contributed by atoms with Gasteiger partial charge in [0.25, 0.3) is 0 Å². The highest BCUT2D eigenvalue weighted by atomic mass is 32.2. The van der Waals surface area contributed by atoms with Crippen LogP contribution >= 0.6 is 0 Å². The lowest BCUT2D eigenvalue weighted by Crippen LogP contribution is -2.39. The first kappa shape index (κ1) is 10.5. The van der Waals surface area contributed by atoms with Crippen molar-refractivity contribution in [3.63, 3.8) is 0 Å². The lowest BCUT2D eigenvalue weighted by Gasteiger charge is -2.14. The molecule has 5 heteroatoms. The van der Waals surface area contributed by atoms with E-state index in [-0.39, 0.29) is 11.7 Å². The van der Waals surface area contributed by atoms with Gasteiger partial charge in [0, 0.05) is 12.2 Å². The van der Waals surface area contributed by atoms with Gasteiger partial charge in [-0.15, -0.1) is 0 Å². The minimum absolute atomic E-state index is 0.0952. The van der Waals surface area contributed by atoms with Gasteiger partial charge in [-0.2, -0.15) is 0 Å². The monoisotopic (exact) mass is 205 g/mol. The zero-order valence-electron chi connectivity index (χ0n) is 7.75. The molecule has 1 fully saturated rings. The summed E-state index contributed by atoms with van der Waals surface area (Å²) in [5.41, 5.74) is 0. The molecule has 0 aliphatic carbocycles. The smallest absolute Gasteiger partial charge is 0.221 e. The van der Waals surface area contributed by atoms with Crippen LogP contribution in [0.25, 0.3) is 0 Å². The highest BCUT2D eigenvalue weighted by Crippen LogP contribution is 2.14. The first-order valence-electron chi connectivity index (χ1n) is 4.57. The lowest BCUT2D eigenvalue weighted by molar-refractivity contribution is -0.121. The molecule has 1 saturated heterocycles. The summed E-state index contributed by atoms with van der Waals surface area (Å²) < 4.78 is 22.9. The number of carbonyl (C=O) groups excluding carboxylic acids is 1. The molecule has 0 aromatic heterocycles. The molecule has 1 aliphatic heterocycles. The minimum Gasteiger partial charge on any atom is -0.340 e. The van der Waals surface area contributed by atoms with E-state index in [4.69, 9.17) is 0 Å². The van der Waals surface area contributed by atoms with E-state index in [1.54, 1.807) is 6.92 Å². The maximum absolute atomic E-state index is 11.4. The Bertz CT molecular complexity index is 284. The van der Waals surface area contributed by atoms with E-state index in [1.165, 1.54) is 0 Å². The Kier molecular flexibility index (Phi) is 3.30. The number of carbonyl (C=O) groups is 1. The van der Waals surface area contributed by atoms with Gasteiger partial charge in [0.2, 0.25) is 5.91 Å². The van der Waals surface area contributed by atoms with Crippen molar-refractivity contribution in [2.45, 2.75) is 38.0 Å². The van der Waals surface area contributed by atoms with Gasteiger partial charge in [0.1, 0.15) is 5.37 Å². The number of nitrogens with one attached hydrogen (secondary N) is 1. The third-order valence-corrected chi connectivity index (χ3v) is 4.30. The molecule has 1 aliphatic rings. The van der Waals surface area contributed by atoms with E-state index >= 15 is 0 Å². The minimum atomic E-state index is -3.11. The molecular formula is C8H15NO3S. The van der Waals surface area contributed by atoms with E-state index < -0.39 is 15.2 Å². The van der Waals surface area contributed by atoms with Gasteiger partial charge in [-0.05, 0) is 19.3 Å². The van der Waals surface area contributed by atoms with Gasteiger partial charge in [0.15, 0.2) is 9.84 Å². The Morgan fingerprint density at radius 2 is 2.15 bits per heavy atom.